The lowest BCUT2D eigenvalue weighted by Crippen LogP contribution is -2.48. The maximum atomic E-state index is 5.40. The molecule has 2 rings (SSSR count). The van der Waals surface area contributed by atoms with Crippen molar-refractivity contribution in [2.45, 2.75) is 70.4 Å². The van der Waals surface area contributed by atoms with Crippen molar-refractivity contribution in [3.8, 4) is 0 Å². The van der Waals surface area contributed by atoms with E-state index < -0.39 is 0 Å². The van der Waals surface area contributed by atoms with Crippen molar-refractivity contribution in [3.63, 3.8) is 0 Å². The van der Waals surface area contributed by atoms with Gasteiger partial charge >= 0.3 is 0 Å². The summed E-state index contributed by atoms with van der Waals surface area (Å²) in [5.74, 6) is 0.775. The van der Waals surface area contributed by atoms with Gasteiger partial charge in [0.2, 0.25) is 0 Å². The molecule has 0 unspecified atom stereocenters. The van der Waals surface area contributed by atoms with Crippen LogP contribution < -0.4 is 10.6 Å². The lowest BCUT2D eigenvalue weighted by molar-refractivity contribution is 0.307. The maximum Gasteiger partial charge on any atom is 0.166 e. The molecule has 2 N–H and O–H groups in total. The third-order valence-electron chi connectivity index (χ3n) is 4.12. The van der Waals surface area contributed by atoms with Crippen molar-refractivity contribution >= 4 is 17.3 Å². The first-order chi connectivity index (χ1) is 7.75. The van der Waals surface area contributed by atoms with Gasteiger partial charge in [-0.25, -0.2) is 0 Å². The lowest BCUT2D eigenvalue weighted by Gasteiger charge is -2.31. The smallest absolute Gasteiger partial charge is 0.166 e. The molecule has 0 bridgehead atoms. The van der Waals surface area contributed by atoms with Crippen LogP contribution in [0.2, 0.25) is 0 Å². The molecule has 0 amide bonds. The van der Waals surface area contributed by atoms with Gasteiger partial charge in [-0.1, -0.05) is 32.6 Å². The summed E-state index contributed by atoms with van der Waals surface area (Å²) < 4.78 is 0. The molecule has 0 aliphatic heterocycles. The highest BCUT2D eigenvalue weighted by atomic mass is 32.1. The molecule has 2 atom stereocenters. The first kappa shape index (κ1) is 12.2. The van der Waals surface area contributed by atoms with E-state index in [1.165, 1.54) is 51.4 Å². The van der Waals surface area contributed by atoms with Crippen LogP contribution >= 0.6 is 12.2 Å². The van der Waals surface area contributed by atoms with Crippen molar-refractivity contribution in [3.05, 3.63) is 0 Å². The highest BCUT2D eigenvalue weighted by Crippen LogP contribution is 2.24. The molecule has 0 saturated heterocycles. The quantitative estimate of drug-likeness (QED) is 0.726. The third kappa shape index (κ3) is 3.34. The molecule has 0 heterocycles. The molecule has 0 aromatic rings. The molecule has 0 radical (unpaired) electrons. The minimum atomic E-state index is 0.607. The van der Waals surface area contributed by atoms with Crippen molar-refractivity contribution in [1.82, 2.24) is 10.6 Å². The van der Waals surface area contributed by atoms with E-state index in [4.69, 9.17) is 12.2 Å². The van der Waals surface area contributed by atoms with Gasteiger partial charge in [0.25, 0.3) is 0 Å². The fraction of sp³-hybridized carbons (Fsp3) is 0.923. The van der Waals surface area contributed by atoms with Crippen molar-refractivity contribution < 1.29 is 0 Å². The van der Waals surface area contributed by atoms with E-state index in [0.717, 1.165) is 11.0 Å². The summed E-state index contributed by atoms with van der Waals surface area (Å²) in [6.07, 6.45) is 10.7. The van der Waals surface area contributed by atoms with Crippen LogP contribution in [0.3, 0.4) is 0 Å². The van der Waals surface area contributed by atoms with Gasteiger partial charge in [0.15, 0.2) is 5.11 Å². The van der Waals surface area contributed by atoms with E-state index in [2.05, 4.69) is 17.6 Å². The minimum absolute atomic E-state index is 0.607. The summed E-state index contributed by atoms with van der Waals surface area (Å²) in [6, 6.07) is 1.24. The van der Waals surface area contributed by atoms with Crippen LogP contribution in [0, 0.1) is 5.92 Å². The minimum Gasteiger partial charge on any atom is -0.360 e. The molecule has 2 aliphatic carbocycles. The Hall–Kier alpha value is -0.310. The van der Waals surface area contributed by atoms with E-state index in [9.17, 15) is 0 Å². The molecule has 2 nitrogen and oxygen atoms in total. The van der Waals surface area contributed by atoms with Crippen LogP contribution in [0.25, 0.3) is 0 Å². The predicted octanol–water partition coefficient (Wildman–Crippen LogP) is 2.97. The van der Waals surface area contributed by atoms with Crippen molar-refractivity contribution in [2.24, 2.45) is 5.92 Å². The molecule has 0 spiro atoms. The number of nitrogens with one attached hydrogen (secondary N) is 2. The Morgan fingerprint density at radius 1 is 0.938 bits per heavy atom. The summed E-state index contributed by atoms with van der Waals surface area (Å²) >= 11 is 5.40. The van der Waals surface area contributed by atoms with Crippen LogP contribution in [0.1, 0.15) is 58.3 Å². The third-order valence-corrected chi connectivity index (χ3v) is 4.35. The monoisotopic (exact) mass is 240 g/mol. The highest BCUT2D eigenvalue weighted by Gasteiger charge is 2.22. The molecular formula is C13H24N2S. The Morgan fingerprint density at radius 3 is 2.25 bits per heavy atom. The second kappa shape index (κ2) is 5.85. The average molecular weight is 240 g/mol. The summed E-state index contributed by atoms with van der Waals surface area (Å²) in [7, 11) is 0. The summed E-state index contributed by atoms with van der Waals surface area (Å²) in [5, 5.41) is 7.88. The second-order valence-corrected chi connectivity index (χ2v) is 5.88. The Balaban J connectivity index is 1.72. The fourth-order valence-electron chi connectivity index (χ4n) is 3.00. The largest absolute Gasteiger partial charge is 0.360 e. The zero-order chi connectivity index (χ0) is 11.4. The molecule has 2 fully saturated rings. The maximum absolute atomic E-state index is 5.40. The molecule has 0 aromatic carbocycles. The number of thiocarbonyl (C=S) groups is 1. The predicted molar refractivity (Wildman–Crippen MR) is 72.5 cm³/mol. The lowest BCUT2D eigenvalue weighted by atomic mass is 9.86. The fourth-order valence-corrected chi connectivity index (χ4v) is 3.31. The highest BCUT2D eigenvalue weighted by molar-refractivity contribution is 7.80. The van der Waals surface area contributed by atoms with E-state index >= 15 is 0 Å². The van der Waals surface area contributed by atoms with Crippen LogP contribution in [0.4, 0.5) is 0 Å². The SMILES string of the molecule is C[C@@H]1CCCC[C@@H]1NC(=S)NC1CCCC1. The van der Waals surface area contributed by atoms with Gasteiger partial charge in [0.05, 0.1) is 0 Å². The van der Waals surface area contributed by atoms with E-state index in [1.807, 2.05) is 0 Å². The van der Waals surface area contributed by atoms with Crippen molar-refractivity contribution in [1.29, 1.82) is 0 Å². The summed E-state index contributed by atoms with van der Waals surface area (Å²) in [6.45, 7) is 2.34. The van der Waals surface area contributed by atoms with Gasteiger partial charge in [-0.05, 0) is 43.8 Å². The Labute approximate surface area is 105 Å². The molecule has 3 heteroatoms. The zero-order valence-electron chi connectivity index (χ0n) is 10.3. The topological polar surface area (TPSA) is 24.1 Å². The van der Waals surface area contributed by atoms with E-state index in [1.54, 1.807) is 0 Å². The Morgan fingerprint density at radius 2 is 1.56 bits per heavy atom. The van der Waals surface area contributed by atoms with Crippen LogP contribution in [-0.2, 0) is 0 Å². The molecular weight excluding hydrogens is 216 g/mol. The van der Waals surface area contributed by atoms with Gasteiger partial charge in [-0.15, -0.1) is 0 Å². The average Bonchev–Trinajstić information content (AvgIpc) is 2.74. The van der Waals surface area contributed by atoms with Gasteiger partial charge < -0.3 is 10.6 Å². The number of rotatable bonds is 2. The first-order valence-corrected chi connectivity index (χ1v) is 7.23. The van der Waals surface area contributed by atoms with Crippen LogP contribution in [0.5, 0.6) is 0 Å². The van der Waals surface area contributed by atoms with Crippen molar-refractivity contribution in [2.75, 3.05) is 0 Å². The standard InChI is InChI=1S/C13H24N2S/c1-10-6-2-5-9-12(10)15-13(16)14-11-7-3-4-8-11/h10-12H,2-9H2,1H3,(H2,14,15,16)/t10-,12+/m1/s1. The van der Waals surface area contributed by atoms with Gasteiger partial charge in [0, 0.05) is 12.1 Å². The van der Waals surface area contributed by atoms with E-state index in [-0.39, 0.29) is 0 Å². The van der Waals surface area contributed by atoms with Gasteiger partial charge in [0.1, 0.15) is 0 Å². The van der Waals surface area contributed by atoms with E-state index in [0.29, 0.717) is 12.1 Å². The summed E-state index contributed by atoms with van der Waals surface area (Å²) in [4.78, 5) is 0. The zero-order valence-corrected chi connectivity index (χ0v) is 11.1. The van der Waals surface area contributed by atoms with Gasteiger partial charge in [-0.3, -0.25) is 0 Å². The van der Waals surface area contributed by atoms with Crippen LogP contribution in [0.15, 0.2) is 0 Å². The molecule has 2 aliphatic rings. The first-order valence-electron chi connectivity index (χ1n) is 6.83. The normalized spacial score (nSPS) is 31.3. The molecule has 0 aromatic heterocycles. The summed E-state index contributed by atoms with van der Waals surface area (Å²) in [5.41, 5.74) is 0. The molecule has 2 saturated carbocycles. The molecule has 16 heavy (non-hydrogen) atoms. The van der Waals surface area contributed by atoms with Crippen LogP contribution in [-0.4, -0.2) is 17.2 Å². The number of hydrogen-bond donors (Lipinski definition) is 2. The second-order valence-electron chi connectivity index (χ2n) is 5.47. The van der Waals surface area contributed by atoms with Gasteiger partial charge in [-0.2, -0.15) is 0 Å². The Bertz CT molecular complexity index is 236. The number of hydrogen-bond acceptors (Lipinski definition) is 1. The Kier molecular flexibility index (Phi) is 4.45. The molecule has 92 valence electrons.